The summed E-state index contributed by atoms with van der Waals surface area (Å²) in [5.41, 5.74) is -0.473. The van der Waals surface area contributed by atoms with Gasteiger partial charge in [-0.25, -0.2) is 8.78 Å². The minimum Gasteiger partial charge on any atom is -0.492 e. The third-order valence-electron chi connectivity index (χ3n) is 4.25. The third kappa shape index (κ3) is 5.51. The van der Waals surface area contributed by atoms with E-state index < -0.39 is 22.8 Å². The number of aromatic amines is 2. The Bertz CT molecular complexity index is 1260. The molecule has 0 aliphatic carbocycles. The Labute approximate surface area is 170 Å². The molecule has 1 heterocycles. The predicted molar refractivity (Wildman–Crippen MR) is 111 cm³/mol. The summed E-state index contributed by atoms with van der Waals surface area (Å²) in [4.78, 5) is 31.6. The van der Waals surface area contributed by atoms with Gasteiger partial charge in [0.15, 0.2) is 0 Å². The standard InChI is InChI=1S/C22H21F2N3O3/c1-27(2)9-10-30-17-7-3-14(4-8-17)11-19-21(28)26-20(22(29)25-19)12-15-5-6-16(23)13-18(15)24/h3-8,11-13H,9-10H2,1-2H3,(H,25,29)(H,26,28)/b19-11-,20-12-. The van der Waals surface area contributed by atoms with E-state index in [-0.39, 0.29) is 16.3 Å². The molecule has 0 aliphatic rings. The summed E-state index contributed by atoms with van der Waals surface area (Å²) in [5, 5.41) is -0.0784. The molecule has 156 valence electrons. The van der Waals surface area contributed by atoms with E-state index in [4.69, 9.17) is 4.74 Å². The molecule has 0 saturated carbocycles. The topological polar surface area (TPSA) is 78.2 Å². The van der Waals surface area contributed by atoms with Crippen LogP contribution in [0.3, 0.4) is 0 Å². The lowest BCUT2D eigenvalue weighted by Gasteiger charge is -2.10. The second-order valence-electron chi connectivity index (χ2n) is 6.91. The maximum atomic E-state index is 13.8. The SMILES string of the molecule is CN(C)CCOc1ccc(/C=c2\[nH]c(=O)/c(=C/c3ccc(F)cc3F)[nH]c2=O)cc1. The lowest BCUT2D eigenvalue weighted by atomic mass is 10.2. The molecule has 0 fully saturated rings. The molecule has 0 radical (unpaired) electrons. The zero-order valence-electron chi connectivity index (χ0n) is 16.5. The molecule has 1 aromatic heterocycles. The van der Waals surface area contributed by atoms with Gasteiger partial charge < -0.3 is 19.6 Å². The monoisotopic (exact) mass is 413 g/mol. The van der Waals surface area contributed by atoms with Crippen LogP contribution < -0.4 is 26.6 Å². The van der Waals surface area contributed by atoms with Crippen LogP contribution in [-0.4, -0.2) is 42.1 Å². The number of nitrogens with zero attached hydrogens (tertiary/aromatic N) is 1. The van der Waals surface area contributed by atoms with E-state index >= 15 is 0 Å². The Morgan fingerprint density at radius 1 is 0.933 bits per heavy atom. The fourth-order valence-electron chi connectivity index (χ4n) is 2.64. The summed E-state index contributed by atoms with van der Waals surface area (Å²) in [5.74, 6) is -0.868. The van der Waals surface area contributed by atoms with E-state index in [1.165, 1.54) is 12.1 Å². The number of halogens is 2. The molecule has 2 aromatic carbocycles. The zero-order valence-corrected chi connectivity index (χ0v) is 16.5. The van der Waals surface area contributed by atoms with Crippen LogP contribution in [0.5, 0.6) is 5.75 Å². The molecule has 0 spiro atoms. The molecule has 0 aliphatic heterocycles. The van der Waals surface area contributed by atoms with Gasteiger partial charge in [0.05, 0.1) is 0 Å². The maximum Gasteiger partial charge on any atom is 0.272 e. The van der Waals surface area contributed by atoms with Gasteiger partial charge >= 0.3 is 0 Å². The van der Waals surface area contributed by atoms with Gasteiger partial charge in [0, 0.05) is 18.2 Å². The van der Waals surface area contributed by atoms with Gasteiger partial charge in [-0.15, -0.1) is 0 Å². The number of H-pyrrole nitrogens is 2. The number of likely N-dealkylation sites (N-methyl/N-ethyl adjacent to an activating group) is 1. The van der Waals surface area contributed by atoms with Crippen LogP contribution in [0, 0.1) is 11.6 Å². The van der Waals surface area contributed by atoms with Crippen LogP contribution in [0.25, 0.3) is 12.2 Å². The normalized spacial score (nSPS) is 12.6. The van der Waals surface area contributed by atoms with Crippen LogP contribution >= 0.6 is 0 Å². The molecule has 2 N–H and O–H groups in total. The van der Waals surface area contributed by atoms with Crippen LogP contribution in [0.15, 0.2) is 52.1 Å². The minimum absolute atomic E-state index is 0.0147. The van der Waals surface area contributed by atoms with E-state index in [0.29, 0.717) is 24.0 Å². The Hall–Kier alpha value is -3.52. The highest BCUT2D eigenvalue weighted by Crippen LogP contribution is 2.12. The first-order valence-corrected chi connectivity index (χ1v) is 9.20. The van der Waals surface area contributed by atoms with Gasteiger partial charge in [-0.3, -0.25) is 9.59 Å². The molecule has 30 heavy (non-hydrogen) atoms. The molecule has 6 nitrogen and oxygen atoms in total. The molecule has 0 amide bonds. The molecule has 0 unspecified atom stereocenters. The van der Waals surface area contributed by atoms with Crippen molar-refractivity contribution in [3.63, 3.8) is 0 Å². The fraction of sp³-hybridized carbons (Fsp3) is 0.182. The van der Waals surface area contributed by atoms with Gasteiger partial charge in [0.2, 0.25) is 0 Å². The molecule has 0 saturated heterocycles. The Kier molecular flexibility index (Phi) is 6.58. The van der Waals surface area contributed by atoms with Crippen molar-refractivity contribution >= 4 is 12.2 Å². The van der Waals surface area contributed by atoms with Crippen molar-refractivity contribution in [2.45, 2.75) is 0 Å². The summed E-state index contributed by atoms with van der Waals surface area (Å²) < 4.78 is 32.4. The first-order chi connectivity index (χ1) is 14.3. The van der Waals surface area contributed by atoms with Crippen LogP contribution in [0.4, 0.5) is 8.78 Å². The first kappa shape index (κ1) is 21.2. The highest BCUT2D eigenvalue weighted by molar-refractivity contribution is 5.50. The number of rotatable bonds is 6. The molecular weight excluding hydrogens is 392 g/mol. The van der Waals surface area contributed by atoms with E-state index in [1.54, 1.807) is 24.3 Å². The van der Waals surface area contributed by atoms with Crippen molar-refractivity contribution in [3.05, 3.63) is 96.6 Å². The average Bonchev–Trinajstić information content (AvgIpc) is 2.69. The van der Waals surface area contributed by atoms with Crippen LogP contribution in [-0.2, 0) is 0 Å². The van der Waals surface area contributed by atoms with Gasteiger partial charge in [-0.1, -0.05) is 12.1 Å². The van der Waals surface area contributed by atoms with Gasteiger partial charge in [0.25, 0.3) is 11.1 Å². The number of nitrogens with one attached hydrogen (secondary N) is 2. The average molecular weight is 413 g/mol. The quantitative estimate of drug-likeness (QED) is 0.631. The van der Waals surface area contributed by atoms with Crippen molar-refractivity contribution in [2.24, 2.45) is 0 Å². The Morgan fingerprint density at radius 3 is 2.17 bits per heavy atom. The van der Waals surface area contributed by atoms with Gasteiger partial charge in [0.1, 0.15) is 34.7 Å². The second-order valence-corrected chi connectivity index (χ2v) is 6.91. The largest absolute Gasteiger partial charge is 0.492 e. The van der Waals surface area contributed by atoms with E-state index in [0.717, 1.165) is 18.7 Å². The third-order valence-corrected chi connectivity index (χ3v) is 4.25. The van der Waals surface area contributed by atoms with Gasteiger partial charge in [-0.05, 0) is 56.1 Å². The lowest BCUT2D eigenvalue weighted by Crippen LogP contribution is -2.46. The van der Waals surface area contributed by atoms with E-state index in [2.05, 4.69) is 9.97 Å². The number of hydrogen-bond donors (Lipinski definition) is 2. The first-order valence-electron chi connectivity index (χ1n) is 9.20. The van der Waals surface area contributed by atoms with Crippen molar-refractivity contribution in [2.75, 3.05) is 27.2 Å². The molecule has 8 heteroatoms. The van der Waals surface area contributed by atoms with Crippen molar-refractivity contribution in [1.82, 2.24) is 14.9 Å². The molecule has 3 aromatic rings. The number of ether oxygens (including phenoxy) is 1. The van der Waals surface area contributed by atoms with E-state index in [9.17, 15) is 18.4 Å². The molecule has 0 bridgehead atoms. The summed E-state index contributed by atoms with van der Waals surface area (Å²) in [6, 6.07) is 10.0. The highest BCUT2D eigenvalue weighted by atomic mass is 19.1. The molecular formula is C22H21F2N3O3. The second kappa shape index (κ2) is 9.32. The van der Waals surface area contributed by atoms with Crippen LogP contribution in [0.1, 0.15) is 11.1 Å². The van der Waals surface area contributed by atoms with Crippen molar-refractivity contribution in [3.8, 4) is 5.75 Å². The minimum atomic E-state index is -0.834. The smallest absolute Gasteiger partial charge is 0.272 e. The maximum absolute atomic E-state index is 13.8. The van der Waals surface area contributed by atoms with E-state index in [1.807, 2.05) is 19.0 Å². The van der Waals surface area contributed by atoms with Gasteiger partial charge in [-0.2, -0.15) is 0 Å². The predicted octanol–water partition coefficient (Wildman–Crippen LogP) is 0.939. The summed E-state index contributed by atoms with van der Waals surface area (Å²) in [7, 11) is 3.91. The molecule has 3 rings (SSSR count). The number of aromatic nitrogens is 2. The lowest BCUT2D eigenvalue weighted by molar-refractivity contribution is 0.261. The molecule has 0 atom stereocenters. The summed E-state index contributed by atoms with van der Waals surface area (Å²) in [6.45, 7) is 1.34. The van der Waals surface area contributed by atoms with Crippen LogP contribution in [0.2, 0.25) is 0 Å². The van der Waals surface area contributed by atoms with Crippen molar-refractivity contribution < 1.29 is 13.5 Å². The van der Waals surface area contributed by atoms with Crippen molar-refractivity contribution in [1.29, 1.82) is 0 Å². The Morgan fingerprint density at radius 2 is 1.57 bits per heavy atom. The number of hydrogen-bond acceptors (Lipinski definition) is 4. The number of benzene rings is 2. The Balaban J connectivity index is 1.88. The summed E-state index contributed by atoms with van der Waals surface area (Å²) >= 11 is 0. The fourth-order valence-corrected chi connectivity index (χ4v) is 2.64. The zero-order chi connectivity index (χ0) is 21.7. The summed E-state index contributed by atoms with van der Waals surface area (Å²) in [6.07, 6.45) is 2.67. The highest BCUT2D eigenvalue weighted by Gasteiger charge is 2.03.